The topological polar surface area (TPSA) is 69.2 Å². The molecule has 0 aliphatic carbocycles. The molecule has 0 saturated heterocycles. The van der Waals surface area contributed by atoms with E-state index in [0.29, 0.717) is 22.7 Å². The summed E-state index contributed by atoms with van der Waals surface area (Å²) in [5, 5.41) is 0.717. The molecule has 0 fully saturated rings. The van der Waals surface area contributed by atoms with Gasteiger partial charge in [-0.25, -0.2) is 9.97 Å². The van der Waals surface area contributed by atoms with Gasteiger partial charge in [0.1, 0.15) is 0 Å². The lowest BCUT2D eigenvalue weighted by Gasteiger charge is -2.18. The van der Waals surface area contributed by atoms with Gasteiger partial charge in [-0.1, -0.05) is 72.4 Å². The van der Waals surface area contributed by atoms with Crippen LogP contribution in [0.4, 0.5) is 0 Å². The minimum atomic E-state index is -0.974. The SMILES string of the molecule is CSc1nc(C)c(CCC(=O)O[C@H](C(=O)c2ccccc2)c2ccccc2)c(C)n1. The van der Waals surface area contributed by atoms with Crippen molar-refractivity contribution in [2.75, 3.05) is 6.26 Å². The minimum absolute atomic E-state index is 0.148. The Morgan fingerprint density at radius 3 is 2.07 bits per heavy atom. The van der Waals surface area contributed by atoms with Crippen molar-refractivity contribution in [3.8, 4) is 0 Å². The molecular formula is C24H24N2O3S. The third-order valence-corrected chi connectivity index (χ3v) is 5.36. The van der Waals surface area contributed by atoms with Gasteiger partial charge in [-0.2, -0.15) is 0 Å². The molecule has 0 N–H and O–H groups in total. The predicted molar refractivity (Wildman–Crippen MR) is 118 cm³/mol. The maximum atomic E-state index is 13.0. The maximum absolute atomic E-state index is 13.0. The van der Waals surface area contributed by atoms with E-state index in [2.05, 4.69) is 9.97 Å². The summed E-state index contributed by atoms with van der Waals surface area (Å²) in [6.45, 7) is 3.83. The molecule has 5 nitrogen and oxygen atoms in total. The molecule has 0 amide bonds. The number of thioether (sulfide) groups is 1. The number of carbonyl (C=O) groups excluding carboxylic acids is 2. The van der Waals surface area contributed by atoms with Crippen molar-refractivity contribution in [2.45, 2.75) is 37.9 Å². The van der Waals surface area contributed by atoms with Crippen molar-refractivity contribution in [1.29, 1.82) is 0 Å². The third kappa shape index (κ3) is 5.33. The highest BCUT2D eigenvalue weighted by molar-refractivity contribution is 7.98. The van der Waals surface area contributed by atoms with Gasteiger partial charge in [0.15, 0.2) is 11.3 Å². The van der Waals surface area contributed by atoms with Crippen molar-refractivity contribution in [3.63, 3.8) is 0 Å². The van der Waals surface area contributed by atoms with E-state index in [-0.39, 0.29) is 12.2 Å². The lowest BCUT2D eigenvalue weighted by Crippen LogP contribution is -2.20. The van der Waals surface area contributed by atoms with Crippen LogP contribution in [0.5, 0.6) is 0 Å². The fourth-order valence-corrected chi connectivity index (χ4v) is 3.69. The van der Waals surface area contributed by atoms with Gasteiger partial charge < -0.3 is 4.74 Å². The summed E-state index contributed by atoms with van der Waals surface area (Å²) in [6.07, 6.45) is 1.57. The van der Waals surface area contributed by atoms with Crippen LogP contribution in [0.2, 0.25) is 0 Å². The zero-order valence-electron chi connectivity index (χ0n) is 17.3. The summed E-state index contributed by atoms with van der Waals surface area (Å²) in [5.74, 6) is -0.670. The quantitative estimate of drug-likeness (QED) is 0.223. The van der Waals surface area contributed by atoms with Gasteiger partial charge in [0.25, 0.3) is 0 Å². The van der Waals surface area contributed by atoms with Crippen molar-refractivity contribution in [3.05, 3.63) is 88.7 Å². The second-order valence-electron chi connectivity index (χ2n) is 6.87. The Bertz CT molecular complexity index is 1000. The number of hydrogen-bond acceptors (Lipinski definition) is 6. The summed E-state index contributed by atoms with van der Waals surface area (Å²) in [5.41, 5.74) is 3.82. The highest BCUT2D eigenvalue weighted by atomic mass is 32.2. The number of ether oxygens (including phenoxy) is 1. The van der Waals surface area contributed by atoms with Crippen LogP contribution in [0.25, 0.3) is 0 Å². The molecule has 2 aromatic carbocycles. The van der Waals surface area contributed by atoms with Crippen LogP contribution in [-0.2, 0) is 16.0 Å². The van der Waals surface area contributed by atoms with E-state index in [0.717, 1.165) is 17.0 Å². The maximum Gasteiger partial charge on any atom is 0.307 e. The number of carbonyl (C=O) groups is 2. The van der Waals surface area contributed by atoms with E-state index in [1.807, 2.05) is 44.4 Å². The molecule has 1 aromatic heterocycles. The number of hydrogen-bond donors (Lipinski definition) is 0. The number of esters is 1. The van der Waals surface area contributed by atoms with Gasteiger partial charge in [-0.05, 0) is 32.1 Å². The van der Waals surface area contributed by atoms with Crippen molar-refractivity contribution in [1.82, 2.24) is 9.97 Å². The number of aromatic nitrogens is 2. The summed E-state index contributed by atoms with van der Waals surface area (Å²) < 4.78 is 5.67. The highest BCUT2D eigenvalue weighted by Crippen LogP contribution is 2.24. The Kier molecular flexibility index (Phi) is 7.36. The molecule has 1 atom stereocenters. The zero-order valence-corrected chi connectivity index (χ0v) is 18.1. The van der Waals surface area contributed by atoms with E-state index in [1.165, 1.54) is 11.8 Å². The smallest absolute Gasteiger partial charge is 0.307 e. The predicted octanol–water partition coefficient (Wildman–Crippen LogP) is 4.92. The summed E-state index contributed by atoms with van der Waals surface area (Å²) in [6, 6.07) is 18.0. The second-order valence-corrected chi connectivity index (χ2v) is 7.64. The molecule has 0 spiro atoms. The summed E-state index contributed by atoms with van der Waals surface area (Å²) in [7, 11) is 0. The van der Waals surface area contributed by atoms with Gasteiger partial charge in [0.2, 0.25) is 5.78 Å². The van der Waals surface area contributed by atoms with E-state index in [4.69, 9.17) is 4.74 Å². The number of benzene rings is 2. The first kappa shape index (κ1) is 21.7. The minimum Gasteiger partial charge on any atom is -0.449 e. The number of Topliss-reactive ketones (excluding diaryl/α,β-unsaturated/α-hetero) is 1. The fraction of sp³-hybridized carbons (Fsp3) is 0.250. The molecule has 154 valence electrons. The number of ketones is 1. The average Bonchev–Trinajstić information content (AvgIpc) is 2.77. The first-order valence-corrected chi connectivity index (χ1v) is 10.9. The lowest BCUT2D eigenvalue weighted by atomic mass is 9.99. The Balaban J connectivity index is 1.75. The van der Waals surface area contributed by atoms with Gasteiger partial charge in [-0.3, -0.25) is 9.59 Å². The van der Waals surface area contributed by atoms with E-state index in [1.54, 1.807) is 36.4 Å². The van der Waals surface area contributed by atoms with Crippen molar-refractivity contribution >= 4 is 23.5 Å². The van der Waals surface area contributed by atoms with Crippen LogP contribution in [-0.4, -0.2) is 28.0 Å². The molecule has 6 heteroatoms. The Morgan fingerprint density at radius 2 is 1.50 bits per heavy atom. The molecule has 0 radical (unpaired) electrons. The Morgan fingerprint density at radius 1 is 0.933 bits per heavy atom. The monoisotopic (exact) mass is 420 g/mol. The van der Waals surface area contributed by atoms with Gasteiger partial charge in [-0.15, -0.1) is 0 Å². The average molecular weight is 421 g/mol. The molecular weight excluding hydrogens is 396 g/mol. The molecule has 0 unspecified atom stereocenters. The third-order valence-electron chi connectivity index (χ3n) is 4.81. The highest BCUT2D eigenvalue weighted by Gasteiger charge is 2.26. The Labute approximate surface area is 180 Å². The molecule has 3 aromatic rings. The van der Waals surface area contributed by atoms with Gasteiger partial charge >= 0.3 is 5.97 Å². The molecule has 0 bridgehead atoms. The zero-order chi connectivity index (χ0) is 21.5. The largest absolute Gasteiger partial charge is 0.449 e. The standard InChI is InChI=1S/C24H24N2O3S/c1-16-20(17(2)26-24(25-16)30-3)14-15-21(27)29-23(19-12-8-5-9-13-19)22(28)18-10-6-4-7-11-18/h4-13,23H,14-15H2,1-3H3/t23-/m0/s1. The van der Waals surface area contributed by atoms with Crippen LogP contribution in [0.3, 0.4) is 0 Å². The van der Waals surface area contributed by atoms with Crippen molar-refractivity contribution in [2.24, 2.45) is 0 Å². The van der Waals surface area contributed by atoms with Crippen LogP contribution in [0, 0.1) is 13.8 Å². The van der Waals surface area contributed by atoms with E-state index < -0.39 is 12.1 Å². The van der Waals surface area contributed by atoms with Crippen LogP contribution >= 0.6 is 11.8 Å². The van der Waals surface area contributed by atoms with Crippen LogP contribution < -0.4 is 0 Å². The van der Waals surface area contributed by atoms with Crippen molar-refractivity contribution < 1.29 is 14.3 Å². The van der Waals surface area contributed by atoms with E-state index in [9.17, 15) is 9.59 Å². The van der Waals surface area contributed by atoms with Gasteiger partial charge in [0, 0.05) is 28.9 Å². The first-order chi connectivity index (χ1) is 14.5. The van der Waals surface area contributed by atoms with Crippen LogP contribution in [0.15, 0.2) is 65.8 Å². The second kappa shape index (κ2) is 10.2. The molecule has 1 heterocycles. The normalized spacial score (nSPS) is 11.7. The van der Waals surface area contributed by atoms with Gasteiger partial charge in [0.05, 0.1) is 0 Å². The molecule has 0 saturated carbocycles. The number of rotatable bonds is 8. The Hall–Kier alpha value is -2.99. The first-order valence-electron chi connectivity index (χ1n) is 9.71. The number of nitrogens with zero attached hydrogens (tertiary/aromatic N) is 2. The summed E-state index contributed by atoms with van der Waals surface area (Å²) in [4.78, 5) is 34.6. The number of aryl methyl sites for hydroxylation is 2. The molecule has 30 heavy (non-hydrogen) atoms. The molecule has 0 aliphatic rings. The molecule has 3 rings (SSSR count). The fourth-order valence-electron chi connectivity index (χ4n) is 3.23. The summed E-state index contributed by atoms with van der Waals surface area (Å²) >= 11 is 1.49. The van der Waals surface area contributed by atoms with E-state index >= 15 is 0 Å². The molecule has 0 aliphatic heterocycles. The lowest BCUT2D eigenvalue weighted by molar-refractivity contribution is -0.147. The van der Waals surface area contributed by atoms with Crippen LogP contribution in [0.1, 0.15) is 45.4 Å².